The van der Waals surface area contributed by atoms with Crippen molar-refractivity contribution in [3.63, 3.8) is 0 Å². The van der Waals surface area contributed by atoms with Crippen molar-refractivity contribution in [3.8, 4) is 0 Å². The first-order valence-corrected chi connectivity index (χ1v) is 8.37. The Kier molecular flexibility index (Phi) is 5.39. The van der Waals surface area contributed by atoms with Crippen LogP contribution in [0.5, 0.6) is 0 Å². The Morgan fingerprint density at radius 2 is 2.14 bits per heavy atom. The third kappa shape index (κ3) is 4.06. The monoisotopic (exact) mass is 309 g/mol. The Morgan fingerprint density at radius 1 is 1.38 bits per heavy atom. The molecule has 116 valence electrons. The van der Waals surface area contributed by atoms with Gasteiger partial charge in [0.15, 0.2) is 6.61 Å². The zero-order valence-electron chi connectivity index (χ0n) is 12.8. The maximum Gasteiger partial charge on any atom is 0.349 e. The molecule has 0 saturated heterocycles. The zero-order valence-corrected chi connectivity index (χ0v) is 13.7. The fourth-order valence-electron chi connectivity index (χ4n) is 2.81. The molecule has 0 radical (unpaired) electrons. The molecule has 0 aromatic carbocycles. The van der Waals surface area contributed by atoms with Gasteiger partial charge in [-0.15, -0.1) is 11.3 Å². The molecule has 1 amide bonds. The zero-order chi connectivity index (χ0) is 15.4. The highest BCUT2D eigenvalue weighted by atomic mass is 32.1. The van der Waals surface area contributed by atoms with Gasteiger partial charge in [-0.2, -0.15) is 0 Å². The molecule has 1 N–H and O–H groups in total. The van der Waals surface area contributed by atoms with Crippen LogP contribution in [-0.2, 0) is 9.53 Å². The minimum absolute atomic E-state index is 0.198. The van der Waals surface area contributed by atoms with Gasteiger partial charge in [-0.1, -0.05) is 26.7 Å². The van der Waals surface area contributed by atoms with Gasteiger partial charge in [0.25, 0.3) is 5.91 Å². The number of esters is 1. The van der Waals surface area contributed by atoms with E-state index in [0.29, 0.717) is 16.7 Å². The van der Waals surface area contributed by atoms with E-state index in [1.165, 1.54) is 17.8 Å². The van der Waals surface area contributed by atoms with Gasteiger partial charge in [-0.3, -0.25) is 4.79 Å². The predicted octanol–water partition coefficient (Wildman–Crippen LogP) is 3.15. The summed E-state index contributed by atoms with van der Waals surface area (Å²) in [5, 5.41) is 4.85. The molecule has 1 fully saturated rings. The Labute approximate surface area is 129 Å². The van der Waals surface area contributed by atoms with Gasteiger partial charge in [0.2, 0.25) is 0 Å². The molecule has 3 atom stereocenters. The third-order valence-corrected chi connectivity index (χ3v) is 5.43. The minimum atomic E-state index is -0.414. The lowest BCUT2D eigenvalue weighted by molar-refractivity contribution is -0.125. The van der Waals surface area contributed by atoms with E-state index >= 15 is 0 Å². The van der Waals surface area contributed by atoms with Crippen LogP contribution in [0, 0.1) is 18.8 Å². The molecule has 1 saturated carbocycles. The highest BCUT2D eigenvalue weighted by Crippen LogP contribution is 2.29. The Hall–Kier alpha value is -1.36. The molecule has 2 rings (SSSR count). The second kappa shape index (κ2) is 7.07. The van der Waals surface area contributed by atoms with E-state index in [-0.39, 0.29) is 18.6 Å². The van der Waals surface area contributed by atoms with Crippen molar-refractivity contribution in [2.24, 2.45) is 11.8 Å². The molecule has 0 unspecified atom stereocenters. The van der Waals surface area contributed by atoms with E-state index in [1.807, 2.05) is 18.4 Å². The van der Waals surface area contributed by atoms with Gasteiger partial charge < -0.3 is 10.1 Å². The minimum Gasteiger partial charge on any atom is -0.451 e. The molecule has 1 aromatic heterocycles. The van der Waals surface area contributed by atoms with Crippen LogP contribution >= 0.6 is 11.3 Å². The van der Waals surface area contributed by atoms with Gasteiger partial charge in [0.1, 0.15) is 4.88 Å². The van der Waals surface area contributed by atoms with Crippen molar-refractivity contribution in [2.75, 3.05) is 6.61 Å². The van der Waals surface area contributed by atoms with Crippen molar-refractivity contribution in [3.05, 3.63) is 21.9 Å². The first-order valence-electron chi connectivity index (χ1n) is 7.49. The van der Waals surface area contributed by atoms with Gasteiger partial charge >= 0.3 is 5.97 Å². The largest absolute Gasteiger partial charge is 0.451 e. The van der Waals surface area contributed by atoms with E-state index in [0.717, 1.165) is 18.4 Å². The van der Waals surface area contributed by atoms with E-state index in [2.05, 4.69) is 19.2 Å². The summed E-state index contributed by atoms with van der Waals surface area (Å²) in [5.74, 6) is 0.476. The lowest BCUT2D eigenvalue weighted by Gasteiger charge is -2.34. The maximum atomic E-state index is 11.9. The maximum absolute atomic E-state index is 11.9. The SMILES string of the molecule is Cc1ccsc1C(=O)OCC(=O)N[C@@H]1CCC[C@H](C)[C@@H]1C. The molecule has 1 aromatic rings. The van der Waals surface area contributed by atoms with Crippen LogP contribution in [0.3, 0.4) is 0 Å². The molecular formula is C16H23NO3S. The predicted molar refractivity (Wildman–Crippen MR) is 83.4 cm³/mol. The topological polar surface area (TPSA) is 55.4 Å². The van der Waals surface area contributed by atoms with Crippen molar-refractivity contribution in [2.45, 2.75) is 46.1 Å². The molecule has 1 aliphatic carbocycles. The van der Waals surface area contributed by atoms with Crippen LogP contribution in [0.1, 0.15) is 48.3 Å². The van der Waals surface area contributed by atoms with E-state index in [9.17, 15) is 9.59 Å². The second-order valence-electron chi connectivity index (χ2n) is 5.95. The molecule has 0 spiro atoms. The number of hydrogen-bond donors (Lipinski definition) is 1. The summed E-state index contributed by atoms with van der Waals surface area (Å²) in [6.45, 7) is 6.06. The number of carbonyl (C=O) groups excluding carboxylic acids is 2. The number of rotatable bonds is 4. The van der Waals surface area contributed by atoms with Crippen molar-refractivity contribution < 1.29 is 14.3 Å². The number of aryl methyl sites for hydroxylation is 1. The lowest BCUT2D eigenvalue weighted by Crippen LogP contribution is -2.45. The van der Waals surface area contributed by atoms with Crippen molar-refractivity contribution in [1.29, 1.82) is 0 Å². The second-order valence-corrected chi connectivity index (χ2v) is 6.87. The first kappa shape index (κ1) is 16.0. The van der Waals surface area contributed by atoms with Crippen LogP contribution in [0.25, 0.3) is 0 Å². The number of hydrogen-bond acceptors (Lipinski definition) is 4. The van der Waals surface area contributed by atoms with Crippen molar-refractivity contribution >= 4 is 23.2 Å². The summed E-state index contributed by atoms with van der Waals surface area (Å²) in [4.78, 5) is 24.4. The standard InChI is InChI=1S/C16H23NO3S/c1-10-5-4-6-13(12(10)3)17-14(18)9-20-16(19)15-11(2)7-8-21-15/h7-8,10,12-13H,4-6,9H2,1-3H3,(H,17,18)/t10-,12-,13+/m0/s1. The summed E-state index contributed by atoms with van der Waals surface area (Å²) < 4.78 is 5.09. The van der Waals surface area contributed by atoms with Crippen LogP contribution < -0.4 is 5.32 Å². The quantitative estimate of drug-likeness (QED) is 0.869. The number of amides is 1. The highest BCUT2D eigenvalue weighted by Gasteiger charge is 2.28. The van der Waals surface area contributed by atoms with Gasteiger partial charge in [0.05, 0.1) is 0 Å². The van der Waals surface area contributed by atoms with Crippen LogP contribution in [0.4, 0.5) is 0 Å². The van der Waals surface area contributed by atoms with Gasteiger partial charge in [-0.25, -0.2) is 4.79 Å². The first-order chi connectivity index (χ1) is 9.99. The summed E-state index contributed by atoms with van der Waals surface area (Å²) in [6.07, 6.45) is 3.38. The number of thiophene rings is 1. The van der Waals surface area contributed by atoms with Crippen LogP contribution in [0.2, 0.25) is 0 Å². The van der Waals surface area contributed by atoms with E-state index < -0.39 is 5.97 Å². The highest BCUT2D eigenvalue weighted by molar-refractivity contribution is 7.12. The van der Waals surface area contributed by atoms with Crippen LogP contribution in [-0.4, -0.2) is 24.5 Å². The molecule has 1 aliphatic rings. The average molecular weight is 309 g/mol. The van der Waals surface area contributed by atoms with E-state index in [4.69, 9.17) is 4.74 Å². The third-order valence-electron chi connectivity index (χ3n) is 4.44. The Balaban J connectivity index is 1.80. The summed E-state index contributed by atoms with van der Waals surface area (Å²) in [5.41, 5.74) is 0.889. The molecule has 21 heavy (non-hydrogen) atoms. The Morgan fingerprint density at radius 3 is 2.81 bits per heavy atom. The normalized spacial score (nSPS) is 25.4. The van der Waals surface area contributed by atoms with E-state index in [1.54, 1.807) is 0 Å². The number of carbonyl (C=O) groups is 2. The lowest BCUT2D eigenvalue weighted by atomic mass is 9.78. The summed E-state index contributed by atoms with van der Waals surface area (Å²) in [7, 11) is 0. The Bertz CT molecular complexity index is 511. The molecule has 0 aliphatic heterocycles. The molecule has 0 bridgehead atoms. The van der Waals surface area contributed by atoms with Gasteiger partial charge in [0, 0.05) is 6.04 Å². The molecular weight excluding hydrogens is 286 g/mol. The average Bonchev–Trinajstić information content (AvgIpc) is 2.87. The fraction of sp³-hybridized carbons (Fsp3) is 0.625. The molecule has 1 heterocycles. The summed E-state index contributed by atoms with van der Waals surface area (Å²) in [6, 6.07) is 2.07. The van der Waals surface area contributed by atoms with Crippen LogP contribution in [0.15, 0.2) is 11.4 Å². The number of ether oxygens (including phenoxy) is 1. The molecule has 5 heteroatoms. The number of nitrogens with one attached hydrogen (secondary N) is 1. The summed E-state index contributed by atoms with van der Waals surface area (Å²) >= 11 is 1.34. The molecule has 4 nitrogen and oxygen atoms in total. The van der Waals surface area contributed by atoms with Gasteiger partial charge in [-0.05, 0) is 42.2 Å². The smallest absolute Gasteiger partial charge is 0.349 e. The fourth-order valence-corrected chi connectivity index (χ4v) is 3.63. The van der Waals surface area contributed by atoms with Crippen molar-refractivity contribution in [1.82, 2.24) is 5.32 Å².